The van der Waals surface area contributed by atoms with Crippen molar-refractivity contribution in [3.63, 3.8) is 0 Å². The fraction of sp³-hybridized carbons (Fsp3) is 0.453. The van der Waals surface area contributed by atoms with E-state index >= 15 is 0 Å². The first-order valence-electron chi connectivity index (χ1n) is 23.2. The molecule has 2 heterocycles. The highest BCUT2D eigenvalue weighted by molar-refractivity contribution is 6.62. The number of hydrogen-bond donors (Lipinski definition) is 2. The van der Waals surface area contributed by atoms with Gasteiger partial charge < -0.3 is 34.2 Å². The average molecular weight is 868 g/mol. The third-order valence-corrected chi connectivity index (χ3v) is 12.8. The Morgan fingerprint density at radius 3 is 2.12 bits per heavy atom. The van der Waals surface area contributed by atoms with E-state index in [1.807, 2.05) is 96.1 Å². The fourth-order valence-corrected chi connectivity index (χ4v) is 8.48. The standard InChI is InChI=1S/C53H66BN3O7/c1-35(2)29-38-19-23-40(24-20-38)37(4)50(58)61-33-41-30-36(3)31-42(49(41)60-32-39-21-25-43(26-22-39)54-63-52(5,6)53(7,8)64-54)34-62-51(59)56-28-14-13-27-55-48-44-15-9-11-17-46(44)57-47-18-12-10-16-45(47)48/h9,11,15,17,19-26,30-31,35,37H,10,12-14,16,18,27-29,32-34H2,1-8H3,(H,55,57)(H,56,59). The van der Waals surface area contributed by atoms with Crippen LogP contribution >= 0.6 is 0 Å². The molecule has 10 nitrogen and oxygen atoms in total. The quantitative estimate of drug-likeness (QED) is 0.0504. The molecule has 2 aliphatic rings. The molecule has 0 radical (unpaired) electrons. The van der Waals surface area contributed by atoms with Gasteiger partial charge in [0.2, 0.25) is 0 Å². The van der Waals surface area contributed by atoms with E-state index in [0.29, 0.717) is 29.3 Å². The van der Waals surface area contributed by atoms with Crippen LogP contribution in [-0.4, -0.2) is 48.5 Å². The Bertz CT molecular complexity index is 2380. The molecule has 0 saturated carbocycles. The molecule has 4 aromatic carbocycles. The summed E-state index contributed by atoms with van der Waals surface area (Å²) in [7, 11) is -0.469. The first-order chi connectivity index (χ1) is 30.7. The molecular formula is C53H66BN3O7. The number of carbonyl (C=O) groups excluding carboxylic acids is 2. The molecule has 1 saturated heterocycles. The largest absolute Gasteiger partial charge is 0.494 e. The molecule has 11 heteroatoms. The minimum absolute atomic E-state index is 0.00217. The van der Waals surface area contributed by atoms with Crippen molar-refractivity contribution in [3.05, 3.63) is 130 Å². The smallest absolute Gasteiger partial charge is 0.488 e. The summed E-state index contributed by atoms with van der Waals surface area (Å²) in [5, 5.41) is 7.80. The number of unbranched alkanes of at least 4 members (excludes halogenated alkanes) is 1. The molecule has 5 aromatic rings. The predicted molar refractivity (Wildman–Crippen MR) is 255 cm³/mol. The number of aryl methyl sites for hydroxylation is 2. The minimum atomic E-state index is -0.505. The number of nitrogens with one attached hydrogen (secondary N) is 2. The molecule has 1 atom stereocenters. The molecule has 0 bridgehead atoms. The molecule has 2 N–H and O–H groups in total. The molecule has 0 spiro atoms. The predicted octanol–water partition coefficient (Wildman–Crippen LogP) is 10.5. The molecule has 1 aliphatic carbocycles. The second kappa shape index (κ2) is 20.6. The van der Waals surface area contributed by atoms with Gasteiger partial charge in [0, 0.05) is 41.0 Å². The Morgan fingerprint density at radius 1 is 0.781 bits per heavy atom. The zero-order valence-electron chi connectivity index (χ0n) is 39.1. The lowest BCUT2D eigenvalue weighted by atomic mass is 9.79. The first kappa shape index (κ1) is 46.6. The number of ether oxygens (including phenoxy) is 3. The Morgan fingerprint density at radius 2 is 1.42 bits per heavy atom. The lowest BCUT2D eigenvalue weighted by molar-refractivity contribution is -0.146. The second-order valence-electron chi connectivity index (χ2n) is 19.0. The maximum Gasteiger partial charge on any atom is 0.494 e. The number of rotatable bonds is 18. The number of anilines is 1. The van der Waals surface area contributed by atoms with Crippen molar-refractivity contribution in [2.24, 2.45) is 5.92 Å². The Labute approximate surface area is 380 Å². The third kappa shape index (κ3) is 11.5. The second-order valence-corrected chi connectivity index (χ2v) is 19.0. The number of esters is 1. The third-order valence-electron chi connectivity index (χ3n) is 12.8. The van der Waals surface area contributed by atoms with Crippen molar-refractivity contribution in [2.75, 3.05) is 18.4 Å². The topological polar surface area (TPSA) is 117 Å². The van der Waals surface area contributed by atoms with E-state index in [-0.39, 0.29) is 25.8 Å². The lowest BCUT2D eigenvalue weighted by Crippen LogP contribution is -2.41. The van der Waals surface area contributed by atoms with Gasteiger partial charge in [0.05, 0.1) is 22.6 Å². The summed E-state index contributed by atoms with van der Waals surface area (Å²) in [5.74, 6) is 0.285. The SMILES string of the molecule is Cc1cc(COC(=O)NCCCCNc2c3c(nc4ccccc24)CCCC3)c(OCc2ccc(B3OC(C)(C)C(C)(C)O3)cc2)c(COC(=O)C(C)c2ccc(CC(C)C)cc2)c1. The summed E-state index contributed by atoms with van der Waals surface area (Å²) < 4.78 is 30.8. The molecule has 1 unspecified atom stereocenters. The maximum absolute atomic E-state index is 13.5. The van der Waals surface area contributed by atoms with Gasteiger partial charge in [-0.2, -0.15) is 0 Å². The van der Waals surface area contributed by atoms with E-state index in [1.54, 1.807) is 0 Å². The normalized spacial score (nSPS) is 15.7. The summed E-state index contributed by atoms with van der Waals surface area (Å²) in [6, 6.07) is 28.4. The van der Waals surface area contributed by atoms with E-state index in [4.69, 9.17) is 28.5 Å². The van der Waals surface area contributed by atoms with E-state index in [0.717, 1.165) is 66.3 Å². The van der Waals surface area contributed by atoms with Crippen molar-refractivity contribution in [1.29, 1.82) is 0 Å². The summed E-state index contributed by atoms with van der Waals surface area (Å²) in [4.78, 5) is 31.5. The number of alkyl carbamates (subject to hydrolysis) is 1. The van der Waals surface area contributed by atoms with Gasteiger partial charge in [0.1, 0.15) is 25.6 Å². The number of aromatic nitrogens is 1. The number of nitrogens with zero attached hydrogens (tertiary/aromatic N) is 1. The van der Waals surface area contributed by atoms with Crippen LogP contribution in [-0.2, 0) is 62.7 Å². The van der Waals surface area contributed by atoms with Crippen LogP contribution in [0.4, 0.5) is 10.5 Å². The summed E-state index contributed by atoms with van der Waals surface area (Å²) in [6.45, 7) is 17.9. The fourth-order valence-electron chi connectivity index (χ4n) is 8.48. The number of hydrogen-bond acceptors (Lipinski definition) is 9. The van der Waals surface area contributed by atoms with Crippen molar-refractivity contribution in [2.45, 2.75) is 137 Å². The van der Waals surface area contributed by atoms with Gasteiger partial charge in [0.25, 0.3) is 0 Å². The molecule has 1 aliphatic heterocycles. The lowest BCUT2D eigenvalue weighted by Gasteiger charge is -2.32. The summed E-state index contributed by atoms with van der Waals surface area (Å²) >= 11 is 0. The number of amides is 1. The Balaban J connectivity index is 0.976. The van der Waals surface area contributed by atoms with Crippen LogP contribution in [0.1, 0.15) is 125 Å². The zero-order valence-corrected chi connectivity index (χ0v) is 39.1. The summed E-state index contributed by atoms with van der Waals surface area (Å²) in [6.07, 6.45) is 6.58. The minimum Gasteiger partial charge on any atom is -0.488 e. The van der Waals surface area contributed by atoms with Crippen molar-refractivity contribution < 1.29 is 33.1 Å². The van der Waals surface area contributed by atoms with Gasteiger partial charge in [-0.1, -0.05) is 86.1 Å². The number of pyridine rings is 1. The molecule has 64 heavy (non-hydrogen) atoms. The van der Waals surface area contributed by atoms with Gasteiger partial charge >= 0.3 is 19.2 Å². The van der Waals surface area contributed by atoms with Gasteiger partial charge in [-0.05, 0) is 138 Å². The molecule has 1 aromatic heterocycles. The molecule has 1 fully saturated rings. The maximum atomic E-state index is 13.5. The van der Waals surface area contributed by atoms with Crippen molar-refractivity contribution in [3.8, 4) is 5.75 Å². The van der Waals surface area contributed by atoms with Gasteiger partial charge in [-0.3, -0.25) is 9.78 Å². The molecule has 7 rings (SSSR count). The molecule has 1 amide bonds. The van der Waals surface area contributed by atoms with Crippen LogP contribution in [0.25, 0.3) is 10.9 Å². The van der Waals surface area contributed by atoms with Gasteiger partial charge in [-0.25, -0.2) is 4.79 Å². The Hall–Kier alpha value is -5.39. The van der Waals surface area contributed by atoms with Crippen molar-refractivity contribution >= 4 is 41.2 Å². The van der Waals surface area contributed by atoms with Crippen LogP contribution in [0, 0.1) is 12.8 Å². The van der Waals surface area contributed by atoms with E-state index in [9.17, 15) is 9.59 Å². The molecular weight excluding hydrogens is 801 g/mol. The van der Waals surface area contributed by atoms with E-state index in [2.05, 4.69) is 54.8 Å². The Kier molecular flexibility index (Phi) is 15.0. The highest BCUT2D eigenvalue weighted by atomic mass is 16.7. The van der Waals surface area contributed by atoms with E-state index < -0.39 is 30.3 Å². The van der Waals surface area contributed by atoms with E-state index in [1.165, 1.54) is 40.7 Å². The average Bonchev–Trinajstić information content (AvgIpc) is 3.50. The van der Waals surface area contributed by atoms with Crippen LogP contribution in [0.15, 0.2) is 84.9 Å². The highest BCUT2D eigenvalue weighted by Gasteiger charge is 2.51. The van der Waals surface area contributed by atoms with Gasteiger partial charge in [-0.15, -0.1) is 0 Å². The summed E-state index contributed by atoms with van der Waals surface area (Å²) in [5.41, 5.74) is 10.2. The van der Waals surface area contributed by atoms with Crippen LogP contribution in [0.5, 0.6) is 5.75 Å². The number of carbonyl (C=O) groups is 2. The monoisotopic (exact) mass is 867 g/mol. The molecule has 338 valence electrons. The van der Waals surface area contributed by atoms with Crippen LogP contribution < -0.4 is 20.8 Å². The zero-order chi connectivity index (χ0) is 45.4. The number of para-hydroxylation sites is 1. The van der Waals surface area contributed by atoms with Crippen LogP contribution in [0.2, 0.25) is 0 Å². The van der Waals surface area contributed by atoms with Gasteiger partial charge in [0.15, 0.2) is 0 Å². The highest BCUT2D eigenvalue weighted by Crippen LogP contribution is 2.37. The van der Waals surface area contributed by atoms with Crippen molar-refractivity contribution in [1.82, 2.24) is 10.3 Å². The number of benzene rings is 4. The van der Waals surface area contributed by atoms with Crippen LogP contribution in [0.3, 0.4) is 0 Å². The number of fused-ring (bicyclic) bond motifs is 2. The first-order valence-corrected chi connectivity index (χ1v) is 23.2.